The van der Waals surface area contributed by atoms with Gasteiger partial charge in [0, 0.05) is 41.9 Å². The molecule has 0 saturated heterocycles. The second-order valence-corrected chi connectivity index (χ2v) is 6.77. The summed E-state index contributed by atoms with van der Waals surface area (Å²) < 4.78 is 0. The fraction of sp³-hybridized carbons (Fsp3) is 0.647. The van der Waals surface area contributed by atoms with E-state index in [2.05, 4.69) is 57.9 Å². The van der Waals surface area contributed by atoms with Crippen molar-refractivity contribution >= 4 is 17.3 Å². The molecule has 1 unspecified atom stereocenters. The molecule has 0 aliphatic heterocycles. The van der Waals surface area contributed by atoms with Gasteiger partial charge in [-0.2, -0.15) is 0 Å². The molecule has 2 nitrogen and oxygen atoms in total. The standard InChI is InChI=1S/C17H29ClN2/c1-12(2)10-14(5)20(6)17-9-7-8-16(18)15(17)11-19-13(3)4/h7-9,12-14,19H,10-11H2,1-6H3. The first-order valence-electron chi connectivity index (χ1n) is 7.56. The Morgan fingerprint density at radius 1 is 1.15 bits per heavy atom. The summed E-state index contributed by atoms with van der Waals surface area (Å²) in [5, 5.41) is 4.31. The molecule has 0 aliphatic carbocycles. The first-order valence-corrected chi connectivity index (χ1v) is 7.94. The van der Waals surface area contributed by atoms with Crippen LogP contribution in [-0.2, 0) is 6.54 Å². The lowest BCUT2D eigenvalue weighted by molar-refractivity contribution is 0.502. The highest BCUT2D eigenvalue weighted by Crippen LogP contribution is 2.29. The van der Waals surface area contributed by atoms with Gasteiger partial charge in [0.15, 0.2) is 0 Å². The number of hydrogen-bond donors (Lipinski definition) is 1. The van der Waals surface area contributed by atoms with E-state index in [-0.39, 0.29) is 0 Å². The maximum absolute atomic E-state index is 6.40. The zero-order valence-electron chi connectivity index (χ0n) is 13.7. The van der Waals surface area contributed by atoms with Crippen molar-refractivity contribution in [1.29, 1.82) is 0 Å². The Morgan fingerprint density at radius 3 is 2.35 bits per heavy atom. The summed E-state index contributed by atoms with van der Waals surface area (Å²) in [5.41, 5.74) is 2.43. The van der Waals surface area contributed by atoms with Gasteiger partial charge >= 0.3 is 0 Å². The molecule has 0 bridgehead atoms. The second kappa shape index (κ2) is 7.90. The zero-order chi connectivity index (χ0) is 15.3. The van der Waals surface area contributed by atoms with Gasteiger partial charge in [-0.15, -0.1) is 0 Å². The fourth-order valence-corrected chi connectivity index (χ4v) is 2.67. The summed E-state index contributed by atoms with van der Waals surface area (Å²) in [6, 6.07) is 7.14. The summed E-state index contributed by atoms with van der Waals surface area (Å²) >= 11 is 6.40. The lowest BCUT2D eigenvalue weighted by Crippen LogP contribution is -2.32. The Morgan fingerprint density at radius 2 is 1.80 bits per heavy atom. The molecule has 3 heteroatoms. The van der Waals surface area contributed by atoms with E-state index in [9.17, 15) is 0 Å². The average Bonchev–Trinajstić information content (AvgIpc) is 2.35. The Hall–Kier alpha value is -0.730. The van der Waals surface area contributed by atoms with Gasteiger partial charge < -0.3 is 10.2 Å². The molecule has 0 fully saturated rings. The van der Waals surface area contributed by atoms with Crippen molar-refractivity contribution in [2.75, 3.05) is 11.9 Å². The summed E-state index contributed by atoms with van der Waals surface area (Å²) in [7, 11) is 2.16. The van der Waals surface area contributed by atoms with Crippen LogP contribution in [0, 0.1) is 5.92 Å². The van der Waals surface area contributed by atoms with E-state index < -0.39 is 0 Å². The molecule has 1 aromatic carbocycles. The van der Waals surface area contributed by atoms with E-state index in [0.717, 1.165) is 11.6 Å². The number of nitrogens with zero attached hydrogens (tertiary/aromatic N) is 1. The minimum Gasteiger partial charge on any atom is -0.372 e. The largest absolute Gasteiger partial charge is 0.372 e. The molecule has 0 spiro atoms. The first kappa shape index (κ1) is 17.3. The van der Waals surface area contributed by atoms with Crippen LogP contribution >= 0.6 is 11.6 Å². The number of anilines is 1. The van der Waals surface area contributed by atoms with Crippen LogP contribution in [0.15, 0.2) is 18.2 Å². The fourth-order valence-electron chi connectivity index (χ4n) is 2.44. The molecule has 0 heterocycles. The van der Waals surface area contributed by atoms with Crippen molar-refractivity contribution in [3.8, 4) is 0 Å². The highest BCUT2D eigenvalue weighted by Gasteiger charge is 2.16. The SMILES string of the molecule is CC(C)CC(C)N(C)c1cccc(Cl)c1CNC(C)C. The van der Waals surface area contributed by atoms with Crippen molar-refractivity contribution in [2.45, 2.75) is 59.7 Å². The number of hydrogen-bond acceptors (Lipinski definition) is 2. The van der Waals surface area contributed by atoms with Crippen LogP contribution in [0.3, 0.4) is 0 Å². The maximum Gasteiger partial charge on any atom is 0.0471 e. The van der Waals surface area contributed by atoms with Gasteiger partial charge in [-0.1, -0.05) is 45.4 Å². The van der Waals surface area contributed by atoms with E-state index in [1.807, 2.05) is 12.1 Å². The van der Waals surface area contributed by atoms with Crippen LogP contribution in [0.5, 0.6) is 0 Å². The minimum atomic E-state index is 0.456. The number of rotatable bonds is 7. The predicted molar refractivity (Wildman–Crippen MR) is 90.7 cm³/mol. The first-order chi connectivity index (χ1) is 9.32. The molecule has 0 aromatic heterocycles. The van der Waals surface area contributed by atoms with Crippen LogP contribution in [0.1, 0.15) is 46.6 Å². The Bertz CT molecular complexity index is 415. The van der Waals surface area contributed by atoms with Crippen molar-refractivity contribution in [1.82, 2.24) is 5.32 Å². The van der Waals surface area contributed by atoms with Crippen LogP contribution in [0.4, 0.5) is 5.69 Å². The molecule has 0 saturated carbocycles. The molecular weight excluding hydrogens is 268 g/mol. The molecule has 1 atom stereocenters. The Kier molecular flexibility index (Phi) is 6.84. The van der Waals surface area contributed by atoms with Crippen LogP contribution in [-0.4, -0.2) is 19.1 Å². The third-order valence-corrected chi connectivity index (χ3v) is 3.99. The van der Waals surface area contributed by atoms with Crippen molar-refractivity contribution < 1.29 is 0 Å². The predicted octanol–water partition coefficient (Wildman–Crippen LogP) is 4.71. The molecule has 0 amide bonds. The van der Waals surface area contributed by atoms with Gasteiger partial charge in [0.2, 0.25) is 0 Å². The maximum atomic E-state index is 6.40. The van der Waals surface area contributed by atoms with Crippen molar-refractivity contribution in [3.05, 3.63) is 28.8 Å². The monoisotopic (exact) mass is 296 g/mol. The molecule has 1 aromatic rings. The van der Waals surface area contributed by atoms with Gasteiger partial charge in [0.1, 0.15) is 0 Å². The summed E-state index contributed by atoms with van der Waals surface area (Å²) in [4.78, 5) is 2.35. The molecule has 0 radical (unpaired) electrons. The van der Waals surface area contributed by atoms with Gasteiger partial charge in [-0.3, -0.25) is 0 Å². The molecular formula is C17H29ClN2. The third-order valence-electron chi connectivity index (χ3n) is 3.63. The molecule has 1 rings (SSSR count). The molecule has 114 valence electrons. The van der Waals surface area contributed by atoms with E-state index >= 15 is 0 Å². The normalized spacial score (nSPS) is 13.1. The van der Waals surface area contributed by atoms with E-state index in [0.29, 0.717) is 18.0 Å². The second-order valence-electron chi connectivity index (χ2n) is 6.36. The molecule has 1 N–H and O–H groups in total. The quantitative estimate of drug-likeness (QED) is 0.784. The van der Waals surface area contributed by atoms with Crippen LogP contribution in [0.2, 0.25) is 5.02 Å². The van der Waals surface area contributed by atoms with Gasteiger partial charge in [0.25, 0.3) is 0 Å². The highest BCUT2D eigenvalue weighted by atomic mass is 35.5. The highest BCUT2D eigenvalue weighted by molar-refractivity contribution is 6.31. The summed E-state index contributed by atoms with van der Waals surface area (Å²) in [5.74, 6) is 0.698. The van der Waals surface area contributed by atoms with Crippen molar-refractivity contribution in [3.63, 3.8) is 0 Å². The topological polar surface area (TPSA) is 15.3 Å². The van der Waals surface area contributed by atoms with E-state index in [4.69, 9.17) is 11.6 Å². The Balaban J connectivity index is 2.95. The Labute approximate surface area is 129 Å². The molecule has 0 aliphatic rings. The van der Waals surface area contributed by atoms with Crippen molar-refractivity contribution in [2.24, 2.45) is 5.92 Å². The van der Waals surface area contributed by atoms with Crippen LogP contribution in [0.25, 0.3) is 0 Å². The summed E-state index contributed by atoms with van der Waals surface area (Å²) in [6.07, 6.45) is 1.18. The average molecular weight is 297 g/mol. The molecule has 20 heavy (non-hydrogen) atoms. The summed E-state index contributed by atoms with van der Waals surface area (Å²) in [6.45, 7) is 11.9. The van der Waals surface area contributed by atoms with Gasteiger partial charge in [-0.25, -0.2) is 0 Å². The number of benzene rings is 1. The van der Waals surface area contributed by atoms with Gasteiger partial charge in [-0.05, 0) is 31.4 Å². The van der Waals surface area contributed by atoms with Gasteiger partial charge in [0.05, 0.1) is 0 Å². The van der Waals surface area contributed by atoms with E-state index in [1.165, 1.54) is 17.7 Å². The third kappa shape index (κ3) is 4.99. The lowest BCUT2D eigenvalue weighted by atomic mass is 10.0. The van der Waals surface area contributed by atoms with Crippen LogP contribution < -0.4 is 10.2 Å². The number of nitrogens with one attached hydrogen (secondary N) is 1. The zero-order valence-corrected chi connectivity index (χ0v) is 14.5. The van der Waals surface area contributed by atoms with E-state index in [1.54, 1.807) is 0 Å². The lowest BCUT2D eigenvalue weighted by Gasteiger charge is -2.31. The smallest absolute Gasteiger partial charge is 0.0471 e. The minimum absolute atomic E-state index is 0.456. The number of halogens is 1.